The van der Waals surface area contributed by atoms with Crippen LogP contribution in [0.25, 0.3) is 10.8 Å². The fourth-order valence-corrected chi connectivity index (χ4v) is 3.20. The van der Waals surface area contributed by atoms with Crippen LogP contribution in [-0.4, -0.2) is 26.7 Å². The van der Waals surface area contributed by atoms with Crippen LogP contribution in [0.2, 0.25) is 0 Å². The largest absolute Gasteiger partial charge is 0.410 e. The Hall–Kier alpha value is -1.21. The van der Waals surface area contributed by atoms with Gasteiger partial charge in [0.15, 0.2) is 0 Å². The molecule has 0 aliphatic rings. The standard InChI is InChI=1S/C13H17N3O2S2/c1-7-10(20-8(2)14-7)11-15-16-12(18-11)19-6-9(17)13(3,4)5/h6H2,1-5H3. The molecule has 2 heterocycles. The summed E-state index contributed by atoms with van der Waals surface area (Å²) in [6.07, 6.45) is 0. The molecular weight excluding hydrogens is 294 g/mol. The number of thiazole rings is 1. The number of hydrogen-bond acceptors (Lipinski definition) is 7. The zero-order valence-electron chi connectivity index (χ0n) is 12.2. The van der Waals surface area contributed by atoms with Gasteiger partial charge in [-0.3, -0.25) is 4.79 Å². The van der Waals surface area contributed by atoms with Crippen molar-refractivity contribution in [2.24, 2.45) is 5.41 Å². The minimum Gasteiger partial charge on any atom is -0.410 e. The van der Waals surface area contributed by atoms with Gasteiger partial charge in [0.1, 0.15) is 10.7 Å². The van der Waals surface area contributed by atoms with E-state index < -0.39 is 0 Å². The Morgan fingerprint density at radius 3 is 2.55 bits per heavy atom. The van der Waals surface area contributed by atoms with Crippen LogP contribution in [0, 0.1) is 19.3 Å². The Bertz CT molecular complexity index is 626. The molecule has 0 radical (unpaired) electrons. The number of carbonyl (C=O) groups excluding carboxylic acids is 1. The second kappa shape index (κ2) is 5.65. The lowest BCUT2D eigenvalue weighted by Gasteiger charge is -2.14. The van der Waals surface area contributed by atoms with Gasteiger partial charge in [-0.1, -0.05) is 32.5 Å². The predicted octanol–water partition coefficient (Wildman–Crippen LogP) is 3.52. The number of carbonyl (C=O) groups is 1. The third kappa shape index (κ3) is 3.46. The zero-order valence-corrected chi connectivity index (χ0v) is 13.8. The predicted molar refractivity (Wildman–Crippen MR) is 80.1 cm³/mol. The Morgan fingerprint density at radius 1 is 1.30 bits per heavy atom. The van der Waals surface area contributed by atoms with Gasteiger partial charge in [0.25, 0.3) is 11.1 Å². The van der Waals surface area contributed by atoms with E-state index in [2.05, 4.69) is 15.2 Å². The summed E-state index contributed by atoms with van der Waals surface area (Å²) in [5, 5.41) is 9.38. The number of rotatable bonds is 4. The molecule has 2 rings (SSSR count). The number of Topliss-reactive ketones (excluding diaryl/α,β-unsaturated/α-hetero) is 1. The minimum atomic E-state index is -0.346. The highest BCUT2D eigenvalue weighted by Crippen LogP contribution is 2.31. The van der Waals surface area contributed by atoms with E-state index in [0.717, 1.165) is 15.6 Å². The van der Waals surface area contributed by atoms with E-state index in [9.17, 15) is 4.79 Å². The molecule has 0 saturated heterocycles. The number of aryl methyl sites for hydroxylation is 2. The van der Waals surface area contributed by atoms with Gasteiger partial charge in [-0.15, -0.1) is 21.5 Å². The molecule has 0 spiro atoms. The van der Waals surface area contributed by atoms with Crippen molar-refractivity contribution in [3.8, 4) is 10.8 Å². The van der Waals surface area contributed by atoms with E-state index in [0.29, 0.717) is 16.9 Å². The summed E-state index contributed by atoms with van der Waals surface area (Å²) in [5.74, 6) is 0.970. The van der Waals surface area contributed by atoms with Crippen molar-refractivity contribution in [1.29, 1.82) is 0 Å². The lowest BCUT2D eigenvalue weighted by molar-refractivity contribution is -0.123. The van der Waals surface area contributed by atoms with Crippen LogP contribution in [-0.2, 0) is 4.79 Å². The molecule has 2 aromatic rings. The normalized spacial score (nSPS) is 11.8. The van der Waals surface area contributed by atoms with Crippen LogP contribution >= 0.6 is 23.1 Å². The van der Waals surface area contributed by atoms with Gasteiger partial charge in [-0.05, 0) is 13.8 Å². The molecule has 0 N–H and O–H groups in total. The van der Waals surface area contributed by atoms with Crippen LogP contribution in [0.5, 0.6) is 0 Å². The van der Waals surface area contributed by atoms with Crippen molar-refractivity contribution < 1.29 is 9.21 Å². The van der Waals surface area contributed by atoms with Crippen molar-refractivity contribution in [3.05, 3.63) is 10.7 Å². The van der Waals surface area contributed by atoms with Gasteiger partial charge in [0, 0.05) is 5.41 Å². The molecule has 5 nitrogen and oxygen atoms in total. The number of thioether (sulfide) groups is 1. The average Bonchev–Trinajstić information content (AvgIpc) is 2.91. The first-order valence-electron chi connectivity index (χ1n) is 6.21. The van der Waals surface area contributed by atoms with E-state index in [4.69, 9.17) is 4.42 Å². The first-order valence-corrected chi connectivity index (χ1v) is 8.01. The number of ketones is 1. The van der Waals surface area contributed by atoms with Crippen LogP contribution < -0.4 is 0 Å². The molecule has 2 aromatic heterocycles. The molecular formula is C13H17N3O2S2. The molecule has 0 unspecified atom stereocenters. The molecule has 0 atom stereocenters. The van der Waals surface area contributed by atoms with E-state index in [-0.39, 0.29) is 11.2 Å². The molecule has 0 saturated carbocycles. The van der Waals surface area contributed by atoms with Crippen molar-refractivity contribution in [3.63, 3.8) is 0 Å². The maximum absolute atomic E-state index is 11.9. The summed E-state index contributed by atoms with van der Waals surface area (Å²) in [5.41, 5.74) is 0.541. The molecule has 20 heavy (non-hydrogen) atoms. The first-order chi connectivity index (χ1) is 9.27. The minimum absolute atomic E-state index is 0.159. The summed E-state index contributed by atoms with van der Waals surface area (Å²) >= 11 is 2.80. The van der Waals surface area contributed by atoms with E-state index in [1.54, 1.807) is 0 Å². The quantitative estimate of drug-likeness (QED) is 0.805. The Morgan fingerprint density at radius 2 is 2.00 bits per heavy atom. The van der Waals surface area contributed by atoms with E-state index in [1.165, 1.54) is 23.1 Å². The van der Waals surface area contributed by atoms with E-state index >= 15 is 0 Å². The van der Waals surface area contributed by atoms with Gasteiger partial charge in [-0.25, -0.2) is 4.98 Å². The Balaban J connectivity index is 2.07. The topological polar surface area (TPSA) is 68.9 Å². The first kappa shape index (κ1) is 15.2. The summed E-state index contributed by atoms with van der Waals surface area (Å²) in [7, 11) is 0. The fourth-order valence-electron chi connectivity index (χ4n) is 1.43. The molecule has 0 fully saturated rings. The molecule has 0 aliphatic heterocycles. The summed E-state index contributed by atoms with van der Waals surface area (Å²) in [6, 6.07) is 0. The molecule has 108 valence electrons. The molecule has 0 amide bonds. The fraction of sp³-hybridized carbons (Fsp3) is 0.538. The van der Waals surface area contributed by atoms with Crippen molar-refractivity contribution >= 4 is 28.9 Å². The van der Waals surface area contributed by atoms with Gasteiger partial charge < -0.3 is 4.42 Å². The average molecular weight is 311 g/mol. The highest BCUT2D eigenvalue weighted by Gasteiger charge is 2.22. The van der Waals surface area contributed by atoms with Crippen LogP contribution in [0.1, 0.15) is 31.5 Å². The second-order valence-electron chi connectivity index (χ2n) is 5.48. The second-order valence-corrected chi connectivity index (χ2v) is 7.61. The maximum atomic E-state index is 11.9. The molecule has 7 heteroatoms. The summed E-state index contributed by atoms with van der Waals surface area (Å²) in [4.78, 5) is 17.1. The lowest BCUT2D eigenvalue weighted by atomic mass is 9.92. The van der Waals surface area contributed by atoms with Gasteiger partial charge in [0.05, 0.1) is 16.5 Å². The SMILES string of the molecule is Cc1nc(C)c(-c2nnc(SCC(=O)C(C)(C)C)o2)s1. The number of nitrogens with zero attached hydrogens (tertiary/aromatic N) is 3. The Labute approximate surface area is 126 Å². The Kier molecular flexibility index (Phi) is 4.29. The summed E-state index contributed by atoms with van der Waals surface area (Å²) in [6.45, 7) is 9.56. The van der Waals surface area contributed by atoms with Gasteiger partial charge in [0.2, 0.25) is 0 Å². The molecule has 0 aliphatic carbocycles. The van der Waals surface area contributed by atoms with E-state index in [1.807, 2.05) is 34.6 Å². The molecule has 0 bridgehead atoms. The number of hydrogen-bond donors (Lipinski definition) is 0. The maximum Gasteiger partial charge on any atom is 0.277 e. The molecule has 0 aromatic carbocycles. The highest BCUT2D eigenvalue weighted by atomic mass is 32.2. The van der Waals surface area contributed by atoms with Crippen LogP contribution in [0.3, 0.4) is 0 Å². The third-order valence-electron chi connectivity index (χ3n) is 2.67. The highest BCUT2D eigenvalue weighted by molar-refractivity contribution is 7.99. The van der Waals surface area contributed by atoms with Crippen LogP contribution in [0.4, 0.5) is 0 Å². The smallest absolute Gasteiger partial charge is 0.277 e. The number of aromatic nitrogens is 3. The van der Waals surface area contributed by atoms with Crippen molar-refractivity contribution in [2.45, 2.75) is 39.8 Å². The lowest BCUT2D eigenvalue weighted by Crippen LogP contribution is -2.21. The van der Waals surface area contributed by atoms with Crippen LogP contribution in [0.15, 0.2) is 9.64 Å². The monoisotopic (exact) mass is 311 g/mol. The zero-order chi connectivity index (χ0) is 14.9. The third-order valence-corrected chi connectivity index (χ3v) is 4.55. The van der Waals surface area contributed by atoms with Crippen molar-refractivity contribution in [2.75, 3.05) is 5.75 Å². The van der Waals surface area contributed by atoms with Crippen molar-refractivity contribution in [1.82, 2.24) is 15.2 Å². The van der Waals surface area contributed by atoms with Gasteiger partial charge >= 0.3 is 0 Å². The van der Waals surface area contributed by atoms with Gasteiger partial charge in [-0.2, -0.15) is 0 Å². The summed E-state index contributed by atoms with van der Waals surface area (Å²) < 4.78 is 5.59.